The molecule has 57 heavy (non-hydrogen) atoms. The number of Topliss-reactive ketones (excluding diaryl/α,β-unsaturated/α-hetero) is 1. The van der Waals surface area contributed by atoms with Gasteiger partial charge in [-0.3, -0.25) is 19.4 Å². The van der Waals surface area contributed by atoms with Gasteiger partial charge in [0.05, 0.1) is 21.8 Å². The molecule has 7 nitrogen and oxygen atoms in total. The molecule has 7 rings (SSSR count). The van der Waals surface area contributed by atoms with Crippen LogP contribution in [0.1, 0.15) is 139 Å². The fraction of sp³-hybridized carbons (Fsp3) is 0.447. The molecule has 0 bridgehead atoms. The summed E-state index contributed by atoms with van der Waals surface area (Å²) in [6, 6.07) is 22.2. The number of para-hydroxylation sites is 1. The molecule has 1 saturated heterocycles. The number of halogens is 2. The molecule has 2 aromatic heterocycles. The number of carbonyl (C=O) groups excluding carboxylic acids is 3. The lowest BCUT2D eigenvalue weighted by atomic mass is 9.76. The molecule has 10 heteroatoms. The van der Waals surface area contributed by atoms with E-state index in [4.69, 9.17) is 4.74 Å². The Morgan fingerprint density at radius 2 is 1.56 bits per heavy atom. The SMILES string of the molecule is CC.CC(=O)c1ccc(C2=Cc3ccccc3N(C(=O)c3ccc(NC(=O)c4ccc(C)nc4C)cc3)CC2)s1.CC1CC(F)(F)C1.CCC1(CC)CCOCC1. The molecule has 1 N–H and O–H groups in total. The van der Waals surface area contributed by atoms with Crippen molar-refractivity contribution < 1.29 is 27.9 Å². The molecule has 3 aliphatic rings. The smallest absolute Gasteiger partial charge is 0.258 e. The molecular formula is C47H59F2N3O4S. The summed E-state index contributed by atoms with van der Waals surface area (Å²) in [4.78, 5) is 46.1. The van der Waals surface area contributed by atoms with E-state index in [9.17, 15) is 23.2 Å². The third kappa shape index (κ3) is 12.2. The van der Waals surface area contributed by atoms with Gasteiger partial charge in [0.25, 0.3) is 11.8 Å². The van der Waals surface area contributed by atoms with E-state index in [1.807, 2.05) is 77.1 Å². The Balaban J connectivity index is 0.000000310. The Labute approximate surface area is 342 Å². The fourth-order valence-corrected chi connectivity index (χ4v) is 8.22. The average molecular weight is 800 g/mol. The van der Waals surface area contributed by atoms with Gasteiger partial charge in [-0.1, -0.05) is 65.7 Å². The number of nitrogens with one attached hydrogen (secondary N) is 1. The van der Waals surface area contributed by atoms with Crippen molar-refractivity contribution in [1.82, 2.24) is 4.98 Å². The molecule has 2 aliphatic heterocycles. The molecule has 1 saturated carbocycles. The summed E-state index contributed by atoms with van der Waals surface area (Å²) < 4.78 is 28.9. The number of fused-ring (bicyclic) bond motifs is 1. The Morgan fingerprint density at radius 3 is 2.09 bits per heavy atom. The Morgan fingerprint density at radius 1 is 0.912 bits per heavy atom. The van der Waals surface area contributed by atoms with Gasteiger partial charge >= 0.3 is 0 Å². The molecule has 4 heterocycles. The lowest BCUT2D eigenvalue weighted by Gasteiger charge is -2.35. The number of pyridine rings is 1. The molecule has 0 atom stereocenters. The van der Waals surface area contributed by atoms with Crippen molar-refractivity contribution in [2.24, 2.45) is 11.3 Å². The molecule has 306 valence electrons. The van der Waals surface area contributed by atoms with E-state index >= 15 is 0 Å². The third-order valence-corrected chi connectivity index (χ3v) is 12.1. The minimum Gasteiger partial charge on any atom is -0.381 e. The zero-order valence-electron chi connectivity index (χ0n) is 34.8. The first kappa shape index (κ1) is 45.2. The summed E-state index contributed by atoms with van der Waals surface area (Å²) in [5.41, 5.74) is 6.71. The van der Waals surface area contributed by atoms with Crippen LogP contribution < -0.4 is 10.2 Å². The number of alkyl halides is 2. The first-order chi connectivity index (χ1) is 27.2. The number of rotatable bonds is 7. The van der Waals surface area contributed by atoms with Gasteiger partial charge < -0.3 is 15.0 Å². The van der Waals surface area contributed by atoms with Crippen LogP contribution in [0.25, 0.3) is 11.6 Å². The molecule has 4 aromatic rings. The summed E-state index contributed by atoms with van der Waals surface area (Å²) in [5.74, 6) is -2.35. The minimum atomic E-state index is -2.31. The molecule has 2 aromatic carbocycles. The van der Waals surface area contributed by atoms with E-state index in [-0.39, 0.29) is 36.4 Å². The maximum atomic E-state index is 13.6. The third-order valence-electron chi connectivity index (χ3n) is 10.9. The zero-order valence-corrected chi connectivity index (χ0v) is 35.7. The van der Waals surface area contributed by atoms with E-state index in [1.165, 1.54) is 37.0 Å². The number of aryl methyl sites for hydroxylation is 2. The highest BCUT2D eigenvalue weighted by Gasteiger charge is 2.42. The van der Waals surface area contributed by atoms with E-state index in [0.29, 0.717) is 40.9 Å². The van der Waals surface area contributed by atoms with Gasteiger partial charge in [-0.05, 0) is 123 Å². The Bertz CT molecular complexity index is 1990. The summed E-state index contributed by atoms with van der Waals surface area (Å²) in [5, 5.41) is 2.89. The molecule has 2 amide bonds. The van der Waals surface area contributed by atoms with Crippen molar-refractivity contribution in [3.63, 3.8) is 0 Å². The summed E-state index contributed by atoms with van der Waals surface area (Å²) in [7, 11) is 0. The molecule has 1 aliphatic carbocycles. The predicted octanol–water partition coefficient (Wildman–Crippen LogP) is 12.5. The highest BCUT2D eigenvalue weighted by Crippen LogP contribution is 2.41. The van der Waals surface area contributed by atoms with Gasteiger partial charge in [0, 0.05) is 54.4 Å². The highest BCUT2D eigenvalue weighted by atomic mass is 32.1. The number of hydrogen-bond donors (Lipinski definition) is 1. The first-order valence-electron chi connectivity index (χ1n) is 20.3. The van der Waals surface area contributed by atoms with E-state index in [1.54, 1.807) is 42.2 Å². The fourth-order valence-electron chi connectivity index (χ4n) is 7.27. The van der Waals surface area contributed by atoms with Crippen LogP contribution >= 0.6 is 11.3 Å². The van der Waals surface area contributed by atoms with Crippen molar-refractivity contribution in [2.75, 3.05) is 30.0 Å². The number of nitrogens with zero attached hydrogens (tertiary/aromatic N) is 2. The molecule has 0 unspecified atom stereocenters. The van der Waals surface area contributed by atoms with Gasteiger partial charge in [0.15, 0.2) is 5.78 Å². The second kappa shape index (κ2) is 20.8. The number of anilines is 2. The summed E-state index contributed by atoms with van der Waals surface area (Å²) in [6.07, 6.45) is 8.19. The van der Waals surface area contributed by atoms with Crippen molar-refractivity contribution >= 4 is 52.0 Å². The largest absolute Gasteiger partial charge is 0.381 e. The van der Waals surface area contributed by atoms with Crippen molar-refractivity contribution in [3.05, 3.63) is 111 Å². The van der Waals surface area contributed by atoms with Crippen LogP contribution in [0.5, 0.6) is 0 Å². The van der Waals surface area contributed by atoms with Gasteiger partial charge in [0.1, 0.15) is 0 Å². The Hall–Kier alpha value is -4.54. The summed E-state index contributed by atoms with van der Waals surface area (Å²) in [6.45, 7) is 18.2. The van der Waals surface area contributed by atoms with Crippen LogP contribution in [0.4, 0.5) is 20.2 Å². The van der Waals surface area contributed by atoms with Gasteiger partial charge in [-0.15, -0.1) is 11.3 Å². The van der Waals surface area contributed by atoms with Crippen LogP contribution in [0.2, 0.25) is 0 Å². The zero-order chi connectivity index (χ0) is 41.8. The van der Waals surface area contributed by atoms with Crippen LogP contribution in [0.15, 0.2) is 72.8 Å². The molecular weight excluding hydrogens is 741 g/mol. The number of thiophene rings is 1. The monoisotopic (exact) mass is 799 g/mol. The molecule has 0 radical (unpaired) electrons. The average Bonchev–Trinajstić information content (AvgIpc) is 3.62. The molecule has 2 fully saturated rings. The first-order valence-corrected chi connectivity index (χ1v) is 21.1. The van der Waals surface area contributed by atoms with Gasteiger partial charge in [-0.2, -0.15) is 0 Å². The number of amides is 2. The number of hydrogen-bond acceptors (Lipinski definition) is 6. The standard InChI is InChI=1S/C31H27N3O3S.C9H18O.C5H8F2.C2H6/c1-19-8-13-26(20(2)32-19)30(36)33-25-11-9-22(10-12-25)31(37)34-17-16-24(18-23-6-4-5-7-27(23)34)29-15-14-28(38-29)21(3)35;1-3-9(4-2)5-7-10-8-6-9;1-4-2-5(6,7)3-4;1-2/h4-15,18H,16-17H2,1-3H3,(H,33,36);3-8H2,1-2H3;4H,2-3H2,1H3;1-2H3. The van der Waals surface area contributed by atoms with Crippen LogP contribution in [0.3, 0.4) is 0 Å². The topological polar surface area (TPSA) is 88.6 Å². The lowest BCUT2D eigenvalue weighted by molar-refractivity contribution is -0.104. The summed E-state index contributed by atoms with van der Waals surface area (Å²) >= 11 is 1.48. The van der Waals surface area contributed by atoms with Crippen molar-refractivity contribution in [1.29, 1.82) is 0 Å². The van der Waals surface area contributed by atoms with Gasteiger partial charge in [-0.25, -0.2) is 8.78 Å². The van der Waals surface area contributed by atoms with Crippen LogP contribution in [0, 0.1) is 25.2 Å². The second-order valence-electron chi connectivity index (χ2n) is 15.0. The predicted molar refractivity (Wildman–Crippen MR) is 231 cm³/mol. The van der Waals surface area contributed by atoms with E-state index < -0.39 is 5.92 Å². The van der Waals surface area contributed by atoms with Crippen LogP contribution in [-0.2, 0) is 4.74 Å². The number of carbonyl (C=O) groups is 3. The maximum absolute atomic E-state index is 13.6. The van der Waals surface area contributed by atoms with Crippen LogP contribution in [-0.4, -0.2) is 48.3 Å². The quantitative estimate of drug-likeness (QED) is 0.188. The van der Waals surface area contributed by atoms with Crippen molar-refractivity contribution in [2.45, 2.75) is 106 Å². The van der Waals surface area contributed by atoms with Crippen molar-refractivity contribution in [3.8, 4) is 0 Å². The normalized spacial score (nSPS) is 16.6. The number of ketones is 1. The number of ether oxygens (including phenoxy) is 1. The maximum Gasteiger partial charge on any atom is 0.258 e. The second-order valence-corrected chi connectivity index (χ2v) is 16.0. The highest BCUT2D eigenvalue weighted by molar-refractivity contribution is 7.15. The Kier molecular flexibility index (Phi) is 16.4. The van der Waals surface area contributed by atoms with E-state index in [0.717, 1.165) is 45.5 Å². The number of aromatic nitrogens is 1. The molecule has 0 spiro atoms. The van der Waals surface area contributed by atoms with Gasteiger partial charge in [0.2, 0.25) is 5.92 Å². The lowest BCUT2D eigenvalue weighted by Crippen LogP contribution is -2.33. The number of benzene rings is 2. The van der Waals surface area contributed by atoms with E-state index in [2.05, 4.69) is 30.2 Å². The minimum absolute atomic E-state index is 0.0537.